The van der Waals surface area contributed by atoms with Crippen LogP contribution >= 0.6 is 11.6 Å². The molecule has 0 amide bonds. The molecule has 1 aliphatic heterocycles. The van der Waals surface area contributed by atoms with E-state index in [4.69, 9.17) is 26.1 Å². The van der Waals surface area contributed by atoms with Gasteiger partial charge in [-0.05, 0) is 49.9 Å². The van der Waals surface area contributed by atoms with Crippen LogP contribution in [-0.2, 0) is 10.2 Å². The van der Waals surface area contributed by atoms with Crippen LogP contribution in [-0.4, -0.2) is 36.8 Å². The molecule has 0 radical (unpaired) electrons. The fourth-order valence-electron chi connectivity index (χ4n) is 3.67. The number of halogens is 1. The van der Waals surface area contributed by atoms with Crippen LogP contribution in [0.4, 0.5) is 5.82 Å². The quantitative estimate of drug-likeness (QED) is 0.823. The van der Waals surface area contributed by atoms with Crippen LogP contribution < -0.4 is 10.1 Å². The summed E-state index contributed by atoms with van der Waals surface area (Å²) in [6.07, 6.45) is 6.07. The fraction of sp³-hybridized carbons (Fsp3) is 0.500. The van der Waals surface area contributed by atoms with Gasteiger partial charge in [-0.15, -0.1) is 0 Å². The van der Waals surface area contributed by atoms with E-state index >= 15 is 0 Å². The van der Waals surface area contributed by atoms with Crippen molar-refractivity contribution in [3.8, 4) is 5.75 Å². The number of nitrogens with zero attached hydrogens (tertiary/aromatic N) is 2. The summed E-state index contributed by atoms with van der Waals surface area (Å²) in [4.78, 5) is 9.10. The van der Waals surface area contributed by atoms with Gasteiger partial charge in [0.25, 0.3) is 0 Å². The molecule has 2 aromatic rings. The topological polar surface area (TPSA) is 56.3 Å². The summed E-state index contributed by atoms with van der Waals surface area (Å²) in [7, 11) is 1.71. The second-order valence-electron chi connectivity index (χ2n) is 7.17. The number of nitrogens with one attached hydrogen (secondary N) is 1. The van der Waals surface area contributed by atoms with Gasteiger partial charge in [0.15, 0.2) is 0 Å². The van der Waals surface area contributed by atoms with Gasteiger partial charge in [-0.3, -0.25) is 0 Å². The SMILES string of the molecule is COc1ccc(Cl)cc1C1(CNc2ccnc(C3CC3)n2)CCOCC1. The van der Waals surface area contributed by atoms with Crippen LogP contribution in [0.25, 0.3) is 0 Å². The van der Waals surface area contributed by atoms with E-state index in [2.05, 4.69) is 10.3 Å². The molecule has 138 valence electrons. The van der Waals surface area contributed by atoms with Gasteiger partial charge < -0.3 is 14.8 Å². The van der Waals surface area contributed by atoms with Gasteiger partial charge >= 0.3 is 0 Å². The molecule has 2 aliphatic rings. The summed E-state index contributed by atoms with van der Waals surface area (Å²) >= 11 is 6.31. The zero-order chi connectivity index (χ0) is 18.0. The number of hydrogen-bond donors (Lipinski definition) is 1. The van der Waals surface area contributed by atoms with Crippen LogP contribution in [0.2, 0.25) is 5.02 Å². The smallest absolute Gasteiger partial charge is 0.133 e. The van der Waals surface area contributed by atoms with Gasteiger partial charge in [0, 0.05) is 47.9 Å². The molecule has 26 heavy (non-hydrogen) atoms. The highest BCUT2D eigenvalue weighted by Gasteiger charge is 2.37. The van der Waals surface area contributed by atoms with E-state index in [1.54, 1.807) is 7.11 Å². The molecule has 1 saturated heterocycles. The van der Waals surface area contributed by atoms with Gasteiger partial charge in [0.2, 0.25) is 0 Å². The molecule has 1 aromatic carbocycles. The van der Waals surface area contributed by atoms with E-state index in [1.807, 2.05) is 30.5 Å². The van der Waals surface area contributed by atoms with Crippen molar-refractivity contribution in [1.29, 1.82) is 0 Å². The maximum atomic E-state index is 6.31. The zero-order valence-electron chi connectivity index (χ0n) is 15.0. The Bertz CT molecular complexity index is 773. The summed E-state index contributed by atoms with van der Waals surface area (Å²) in [6, 6.07) is 7.79. The minimum atomic E-state index is -0.0980. The average molecular weight is 374 g/mol. The van der Waals surface area contributed by atoms with E-state index in [9.17, 15) is 0 Å². The predicted molar refractivity (Wildman–Crippen MR) is 102 cm³/mol. The summed E-state index contributed by atoms with van der Waals surface area (Å²) in [5.74, 6) is 3.26. The number of rotatable bonds is 6. The first kappa shape index (κ1) is 17.6. The predicted octanol–water partition coefficient (Wildman–Crippen LogP) is 4.18. The van der Waals surface area contributed by atoms with Gasteiger partial charge in [-0.1, -0.05) is 11.6 Å². The average Bonchev–Trinajstić information content (AvgIpc) is 3.53. The van der Waals surface area contributed by atoms with Crippen molar-refractivity contribution in [3.63, 3.8) is 0 Å². The van der Waals surface area contributed by atoms with Crippen LogP contribution in [0.1, 0.15) is 43.0 Å². The Balaban J connectivity index is 1.61. The van der Waals surface area contributed by atoms with E-state index in [1.165, 1.54) is 12.8 Å². The first-order chi connectivity index (χ1) is 12.7. The maximum Gasteiger partial charge on any atom is 0.133 e. The minimum Gasteiger partial charge on any atom is -0.496 e. The van der Waals surface area contributed by atoms with Crippen LogP contribution in [0.15, 0.2) is 30.5 Å². The Morgan fingerprint density at radius 1 is 1.27 bits per heavy atom. The summed E-state index contributed by atoms with van der Waals surface area (Å²) < 4.78 is 11.3. The number of ether oxygens (including phenoxy) is 2. The van der Waals surface area contributed by atoms with Gasteiger partial charge in [-0.25, -0.2) is 9.97 Å². The normalized spacial score (nSPS) is 19.2. The van der Waals surface area contributed by atoms with E-state index < -0.39 is 0 Å². The third kappa shape index (κ3) is 3.64. The van der Waals surface area contributed by atoms with Crippen LogP contribution in [0, 0.1) is 0 Å². The summed E-state index contributed by atoms with van der Waals surface area (Å²) in [5.41, 5.74) is 1.04. The number of aromatic nitrogens is 2. The summed E-state index contributed by atoms with van der Waals surface area (Å²) in [6.45, 7) is 2.22. The molecule has 1 N–H and O–H groups in total. The molecular formula is C20H24ClN3O2. The lowest BCUT2D eigenvalue weighted by molar-refractivity contribution is 0.0535. The summed E-state index contributed by atoms with van der Waals surface area (Å²) in [5, 5.41) is 4.27. The Hall–Kier alpha value is -1.85. The van der Waals surface area contributed by atoms with E-state index in [-0.39, 0.29) is 5.41 Å². The fourth-order valence-corrected chi connectivity index (χ4v) is 3.84. The lowest BCUT2D eigenvalue weighted by Crippen LogP contribution is -2.40. The lowest BCUT2D eigenvalue weighted by atomic mass is 9.73. The molecule has 6 heteroatoms. The monoisotopic (exact) mass is 373 g/mol. The zero-order valence-corrected chi connectivity index (χ0v) is 15.8. The van der Waals surface area contributed by atoms with Crippen molar-refractivity contribution < 1.29 is 9.47 Å². The molecule has 4 rings (SSSR count). The minimum absolute atomic E-state index is 0.0980. The highest BCUT2D eigenvalue weighted by molar-refractivity contribution is 6.30. The van der Waals surface area contributed by atoms with Crippen molar-refractivity contribution in [1.82, 2.24) is 9.97 Å². The number of methoxy groups -OCH3 is 1. The third-order valence-electron chi connectivity index (χ3n) is 5.41. The van der Waals surface area contributed by atoms with Crippen molar-refractivity contribution in [2.75, 3.05) is 32.2 Å². The molecule has 0 unspecified atom stereocenters. The first-order valence-corrected chi connectivity index (χ1v) is 9.57. The molecule has 1 aromatic heterocycles. The Morgan fingerprint density at radius 2 is 2.08 bits per heavy atom. The first-order valence-electron chi connectivity index (χ1n) is 9.19. The highest BCUT2D eigenvalue weighted by atomic mass is 35.5. The molecule has 5 nitrogen and oxygen atoms in total. The van der Waals surface area contributed by atoms with Gasteiger partial charge in [0.1, 0.15) is 17.4 Å². The Kier molecular flexibility index (Phi) is 5.00. The third-order valence-corrected chi connectivity index (χ3v) is 5.64. The number of hydrogen-bond acceptors (Lipinski definition) is 5. The van der Waals surface area contributed by atoms with E-state index in [0.29, 0.717) is 5.92 Å². The largest absolute Gasteiger partial charge is 0.496 e. The van der Waals surface area contributed by atoms with Gasteiger partial charge in [-0.2, -0.15) is 0 Å². The second kappa shape index (κ2) is 7.41. The molecule has 2 fully saturated rings. The Morgan fingerprint density at radius 3 is 2.81 bits per heavy atom. The molecule has 0 bridgehead atoms. The van der Waals surface area contributed by atoms with E-state index in [0.717, 1.165) is 60.6 Å². The highest BCUT2D eigenvalue weighted by Crippen LogP contribution is 2.41. The molecule has 1 saturated carbocycles. The molecular weight excluding hydrogens is 350 g/mol. The number of benzene rings is 1. The molecule has 2 heterocycles. The second-order valence-corrected chi connectivity index (χ2v) is 7.60. The van der Waals surface area contributed by atoms with Gasteiger partial charge in [0.05, 0.1) is 7.11 Å². The maximum absolute atomic E-state index is 6.31. The lowest BCUT2D eigenvalue weighted by Gasteiger charge is -2.39. The molecule has 1 aliphatic carbocycles. The van der Waals surface area contributed by atoms with Crippen molar-refractivity contribution in [2.24, 2.45) is 0 Å². The Labute approximate surface area is 159 Å². The van der Waals surface area contributed by atoms with Crippen LogP contribution in [0.5, 0.6) is 5.75 Å². The molecule has 0 atom stereocenters. The number of anilines is 1. The van der Waals surface area contributed by atoms with Crippen molar-refractivity contribution >= 4 is 17.4 Å². The molecule has 0 spiro atoms. The van der Waals surface area contributed by atoms with Crippen molar-refractivity contribution in [3.05, 3.63) is 46.9 Å². The standard InChI is InChI=1S/C20H24ClN3O2/c1-25-17-5-4-15(21)12-16(17)20(7-10-26-11-8-20)13-23-18-6-9-22-19(24-18)14-2-3-14/h4-6,9,12,14H,2-3,7-8,10-11,13H2,1H3,(H,22,23,24). The van der Waals surface area contributed by atoms with Crippen molar-refractivity contribution in [2.45, 2.75) is 37.0 Å². The van der Waals surface area contributed by atoms with Crippen LogP contribution in [0.3, 0.4) is 0 Å².